The third-order valence-electron chi connectivity index (χ3n) is 2.69. The highest BCUT2D eigenvalue weighted by molar-refractivity contribution is 5.78. The zero-order valence-electron chi connectivity index (χ0n) is 11.3. The molecule has 0 aliphatic carbocycles. The summed E-state index contributed by atoms with van der Waals surface area (Å²) in [5.41, 5.74) is 0. The van der Waals surface area contributed by atoms with Crippen molar-refractivity contribution in [1.82, 2.24) is 10.2 Å². The van der Waals surface area contributed by atoms with Crippen LogP contribution in [-0.4, -0.2) is 50.1 Å². The largest absolute Gasteiger partial charge is 0.469 e. The minimum absolute atomic E-state index is 0.00562. The Morgan fingerprint density at radius 2 is 1.88 bits per heavy atom. The number of hydrogen-bond donors (Lipinski definition) is 1. The summed E-state index contributed by atoms with van der Waals surface area (Å²) in [6, 6.07) is 0.247. The molecule has 0 saturated heterocycles. The van der Waals surface area contributed by atoms with Gasteiger partial charge in [-0.15, -0.1) is 0 Å². The molecule has 0 aromatic heterocycles. The topological polar surface area (TPSA) is 58.6 Å². The van der Waals surface area contributed by atoms with Gasteiger partial charge in [-0.1, -0.05) is 13.8 Å². The van der Waals surface area contributed by atoms with E-state index in [1.165, 1.54) is 7.11 Å². The first-order chi connectivity index (χ1) is 8.03. The Hall–Kier alpha value is -1.10. The Balaban J connectivity index is 3.83. The van der Waals surface area contributed by atoms with Crippen molar-refractivity contribution in [2.45, 2.75) is 39.2 Å². The van der Waals surface area contributed by atoms with Gasteiger partial charge in [0.2, 0.25) is 5.91 Å². The van der Waals surface area contributed by atoms with E-state index >= 15 is 0 Å². The second kappa shape index (κ2) is 8.98. The van der Waals surface area contributed by atoms with Crippen LogP contribution in [0.15, 0.2) is 0 Å². The molecule has 0 bridgehead atoms. The van der Waals surface area contributed by atoms with Crippen LogP contribution in [0.1, 0.15) is 33.1 Å². The number of likely N-dealkylation sites (N-methyl/N-ethyl adjacent to an activating group) is 1. The van der Waals surface area contributed by atoms with E-state index in [0.717, 1.165) is 12.8 Å². The Bertz CT molecular complexity index is 240. The normalized spacial score (nSPS) is 10.7. The van der Waals surface area contributed by atoms with Crippen molar-refractivity contribution < 1.29 is 14.3 Å². The van der Waals surface area contributed by atoms with Gasteiger partial charge in [-0.05, 0) is 19.9 Å². The van der Waals surface area contributed by atoms with E-state index in [1.54, 1.807) is 0 Å². The molecule has 17 heavy (non-hydrogen) atoms. The third-order valence-corrected chi connectivity index (χ3v) is 2.69. The van der Waals surface area contributed by atoms with Crippen LogP contribution >= 0.6 is 0 Å². The van der Waals surface area contributed by atoms with E-state index in [9.17, 15) is 9.59 Å². The molecule has 0 aromatic rings. The number of hydrogen-bond acceptors (Lipinski definition) is 4. The fourth-order valence-electron chi connectivity index (χ4n) is 1.47. The molecule has 0 fully saturated rings. The molecule has 0 aliphatic rings. The minimum atomic E-state index is -0.253. The molecule has 0 saturated carbocycles. The maximum atomic E-state index is 11.6. The predicted molar refractivity (Wildman–Crippen MR) is 66.6 cm³/mol. The van der Waals surface area contributed by atoms with Gasteiger partial charge in [0.15, 0.2) is 0 Å². The quantitative estimate of drug-likeness (QED) is 0.641. The Morgan fingerprint density at radius 3 is 2.35 bits per heavy atom. The summed E-state index contributed by atoms with van der Waals surface area (Å²) < 4.78 is 4.54. The summed E-state index contributed by atoms with van der Waals surface area (Å²) >= 11 is 0. The number of rotatable bonds is 8. The van der Waals surface area contributed by atoms with E-state index in [1.807, 2.05) is 11.9 Å². The first-order valence-corrected chi connectivity index (χ1v) is 6.08. The average molecular weight is 244 g/mol. The van der Waals surface area contributed by atoms with Crippen molar-refractivity contribution in [3.63, 3.8) is 0 Å². The van der Waals surface area contributed by atoms with Gasteiger partial charge in [0.25, 0.3) is 0 Å². The number of amides is 1. The van der Waals surface area contributed by atoms with E-state index in [-0.39, 0.29) is 17.9 Å². The van der Waals surface area contributed by atoms with Crippen LogP contribution in [0.25, 0.3) is 0 Å². The molecular weight excluding hydrogens is 220 g/mol. The van der Waals surface area contributed by atoms with Crippen molar-refractivity contribution >= 4 is 11.9 Å². The molecule has 0 rings (SSSR count). The monoisotopic (exact) mass is 244 g/mol. The molecule has 0 unspecified atom stereocenters. The lowest BCUT2D eigenvalue weighted by Gasteiger charge is -2.19. The van der Waals surface area contributed by atoms with Crippen molar-refractivity contribution in [3.8, 4) is 0 Å². The van der Waals surface area contributed by atoms with Crippen LogP contribution in [0.2, 0.25) is 0 Å². The zero-order chi connectivity index (χ0) is 13.3. The minimum Gasteiger partial charge on any atom is -0.469 e. The maximum absolute atomic E-state index is 11.6. The number of carbonyl (C=O) groups excluding carboxylic acids is 2. The Labute approximate surface area is 103 Å². The van der Waals surface area contributed by atoms with Gasteiger partial charge in [-0.25, -0.2) is 0 Å². The number of nitrogens with zero attached hydrogens (tertiary/aromatic N) is 1. The van der Waals surface area contributed by atoms with Gasteiger partial charge >= 0.3 is 5.97 Å². The predicted octanol–water partition coefficient (Wildman–Crippen LogP) is 0.786. The molecule has 0 radical (unpaired) electrons. The molecule has 1 N–H and O–H groups in total. The van der Waals surface area contributed by atoms with Crippen molar-refractivity contribution in [2.24, 2.45) is 0 Å². The smallest absolute Gasteiger partial charge is 0.306 e. The first kappa shape index (κ1) is 15.9. The second-order valence-corrected chi connectivity index (χ2v) is 4.14. The molecule has 0 aliphatic heterocycles. The first-order valence-electron chi connectivity index (χ1n) is 6.08. The Morgan fingerprint density at radius 1 is 1.29 bits per heavy atom. The highest BCUT2D eigenvalue weighted by Gasteiger charge is 2.11. The summed E-state index contributed by atoms with van der Waals surface area (Å²) in [6.45, 7) is 4.95. The van der Waals surface area contributed by atoms with Crippen LogP contribution in [-0.2, 0) is 14.3 Å². The van der Waals surface area contributed by atoms with E-state index < -0.39 is 0 Å². The fraction of sp³-hybridized carbons (Fsp3) is 0.833. The third kappa shape index (κ3) is 7.74. The lowest BCUT2D eigenvalue weighted by molar-refractivity contribution is -0.141. The summed E-state index contributed by atoms with van der Waals surface area (Å²) in [4.78, 5) is 24.4. The molecule has 0 atom stereocenters. The van der Waals surface area contributed by atoms with Crippen LogP contribution in [0, 0.1) is 0 Å². The summed E-state index contributed by atoms with van der Waals surface area (Å²) in [7, 11) is 3.18. The number of methoxy groups -OCH3 is 1. The van der Waals surface area contributed by atoms with Crippen LogP contribution in [0.5, 0.6) is 0 Å². The number of nitrogens with one attached hydrogen (secondary N) is 1. The maximum Gasteiger partial charge on any atom is 0.306 e. The average Bonchev–Trinajstić information content (AvgIpc) is 2.32. The molecule has 0 aromatic carbocycles. The SMILES string of the molecule is CCC(CC)NC(=O)CN(C)CCC(=O)OC. The fourth-order valence-corrected chi connectivity index (χ4v) is 1.47. The molecule has 5 nitrogen and oxygen atoms in total. The standard InChI is InChI=1S/C12H24N2O3/c1-5-10(6-2)13-11(15)9-14(3)8-7-12(16)17-4/h10H,5-9H2,1-4H3,(H,13,15). The van der Waals surface area contributed by atoms with Crippen LogP contribution < -0.4 is 5.32 Å². The van der Waals surface area contributed by atoms with Gasteiger partial charge in [0, 0.05) is 12.6 Å². The van der Waals surface area contributed by atoms with Crippen molar-refractivity contribution in [2.75, 3.05) is 27.2 Å². The van der Waals surface area contributed by atoms with E-state index in [0.29, 0.717) is 19.5 Å². The van der Waals surface area contributed by atoms with Gasteiger partial charge < -0.3 is 10.1 Å². The zero-order valence-corrected chi connectivity index (χ0v) is 11.3. The second-order valence-electron chi connectivity index (χ2n) is 4.14. The highest BCUT2D eigenvalue weighted by atomic mass is 16.5. The van der Waals surface area contributed by atoms with Crippen molar-refractivity contribution in [3.05, 3.63) is 0 Å². The molecule has 100 valence electrons. The molecule has 1 amide bonds. The van der Waals surface area contributed by atoms with Gasteiger partial charge in [0.05, 0.1) is 20.1 Å². The van der Waals surface area contributed by atoms with Gasteiger partial charge in [-0.3, -0.25) is 14.5 Å². The number of esters is 1. The van der Waals surface area contributed by atoms with E-state index in [2.05, 4.69) is 23.9 Å². The number of carbonyl (C=O) groups is 2. The molecule has 0 spiro atoms. The lowest BCUT2D eigenvalue weighted by atomic mass is 10.2. The van der Waals surface area contributed by atoms with Crippen LogP contribution in [0.4, 0.5) is 0 Å². The Kier molecular flexibility index (Phi) is 8.40. The molecule has 0 heterocycles. The number of ether oxygens (including phenoxy) is 1. The van der Waals surface area contributed by atoms with E-state index in [4.69, 9.17) is 0 Å². The lowest BCUT2D eigenvalue weighted by Crippen LogP contribution is -2.41. The van der Waals surface area contributed by atoms with Crippen molar-refractivity contribution in [1.29, 1.82) is 0 Å². The van der Waals surface area contributed by atoms with Gasteiger partial charge in [-0.2, -0.15) is 0 Å². The molecule has 5 heteroatoms. The van der Waals surface area contributed by atoms with Gasteiger partial charge in [0.1, 0.15) is 0 Å². The summed E-state index contributed by atoms with van der Waals surface area (Å²) in [5.74, 6) is -0.247. The highest BCUT2D eigenvalue weighted by Crippen LogP contribution is 1.96. The molecular formula is C12H24N2O3. The summed E-state index contributed by atoms with van der Waals surface area (Å²) in [6.07, 6.45) is 2.19. The summed E-state index contributed by atoms with van der Waals surface area (Å²) in [5, 5.41) is 2.95. The van der Waals surface area contributed by atoms with Crippen LogP contribution in [0.3, 0.4) is 0 Å².